The molecule has 0 bridgehead atoms. The molecule has 21 heavy (non-hydrogen) atoms. The second-order valence-corrected chi connectivity index (χ2v) is 5.93. The van der Waals surface area contributed by atoms with Gasteiger partial charge in [-0.1, -0.05) is 23.7 Å². The van der Waals surface area contributed by atoms with E-state index in [9.17, 15) is 9.59 Å². The fourth-order valence-electron chi connectivity index (χ4n) is 1.57. The molecular weight excluding hydrogens is 316 g/mol. The highest BCUT2D eigenvalue weighted by Crippen LogP contribution is 2.22. The van der Waals surface area contributed by atoms with Crippen molar-refractivity contribution in [1.82, 2.24) is 5.16 Å². The number of nitrogens with zero attached hydrogens (tertiary/aromatic N) is 1. The van der Waals surface area contributed by atoms with Crippen LogP contribution < -0.4 is 5.32 Å². The number of nitrogens with one attached hydrogen (secondary N) is 1. The third-order valence-electron chi connectivity index (χ3n) is 2.57. The average Bonchev–Trinajstić information content (AvgIpc) is 3.04. The van der Waals surface area contributed by atoms with Crippen LogP contribution in [0.15, 0.2) is 22.7 Å². The molecule has 0 fully saturated rings. The van der Waals surface area contributed by atoms with Crippen LogP contribution in [0.25, 0.3) is 0 Å². The first-order valence-corrected chi connectivity index (χ1v) is 7.39. The van der Waals surface area contributed by atoms with E-state index >= 15 is 0 Å². The van der Waals surface area contributed by atoms with Gasteiger partial charge < -0.3 is 14.6 Å². The summed E-state index contributed by atoms with van der Waals surface area (Å²) in [6.07, 6.45) is -0.566. The van der Waals surface area contributed by atoms with Crippen molar-refractivity contribution in [3.05, 3.63) is 33.2 Å². The van der Waals surface area contributed by atoms with E-state index in [-0.39, 0.29) is 5.82 Å². The Bertz CT molecular complexity index is 652. The summed E-state index contributed by atoms with van der Waals surface area (Å²) >= 11 is 6.86. The van der Waals surface area contributed by atoms with E-state index in [1.54, 1.807) is 32.0 Å². The number of ether oxygens (including phenoxy) is 1. The molecule has 0 aromatic carbocycles. The van der Waals surface area contributed by atoms with Crippen molar-refractivity contribution in [1.29, 1.82) is 0 Å². The van der Waals surface area contributed by atoms with Crippen LogP contribution in [0, 0.1) is 6.92 Å². The Morgan fingerprint density at radius 3 is 2.81 bits per heavy atom. The lowest BCUT2D eigenvalue weighted by molar-refractivity contribution is -0.124. The smallest absolute Gasteiger partial charge is 0.349 e. The highest BCUT2D eigenvalue weighted by molar-refractivity contribution is 7.17. The van der Waals surface area contributed by atoms with E-state index in [2.05, 4.69) is 10.5 Å². The molecule has 0 saturated carbocycles. The fraction of sp³-hybridized carbons (Fsp3) is 0.308. The van der Waals surface area contributed by atoms with Crippen molar-refractivity contribution in [2.45, 2.75) is 26.4 Å². The highest BCUT2D eigenvalue weighted by Gasteiger charge is 2.23. The van der Waals surface area contributed by atoms with E-state index in [0.717, 1.165) is 11.3 Å². The van der Waals surface area contributed by atoms with E-state index in [4.69, 9.17) is 20.9 Å². The van der Waals surface area contributed by atoms with Crippen molar-refractivity contribution in [3.63, 3.8) is 0 Å². The number of esters is 1. The summed E-state index contributed by atoms with van der Waals surface area (Å²) in [7, 11) is 0. The molecule has 1 amide bonds. The van der Waals surface area contributed by atoms with Gasteiger partial charge in [-0.2, -0.15) is 0 Å². The molecule has 1 N–H and O–H groups in total. The first-order chi connectivity index (χ1) is 9.99. The molecule has 0 unspecified atom stereocenters. The lowest BCUT2D eigenvalue weighted by atomic mass is 10.2. The van der Waals surface area contributed by atoms with Gasteiger partial charge in [-0.25, -0.2) is 4.79 Å². The molecule has 0 aliphatic rings. The number of hydrogen-bond acceptors (Lipinski definition) is 6. The lowest BCUT2D eigenvalue weighted by Crippen LogP contribution is -2.32. The summed E-state index contributed by atoms with van der Waals surface area (Å²) in [5.74, 6) is -0.179. The van der Waals surface area contributed by atoms with Crippen molar-refractivity contribution in [2.24, 2.45) is 0 Å². The van der Waals surface area contributed by atoms with Crippen LogP contribution >= 0.6 is 22.9 Å². The molecule has 2 aromatic heterocycles. The van der Waals surface area contributed by atoms with Gasteiger partial charge >= 0.3 is 5.97 Å². The number of carbonyl (C=O) groups is 2. The zero-order valence-corrected chi connectivity index (χ0v) is 13.0. The zero-order valence-electron chi connectivity index (χ0n) is 11.4. The SMILES string of the molecule is CC[C@H](OC(=O)c1ccc(Cl)s1)C(=O)Nc1cc(C)on1. The Kier molecular flexibility index (Phi) is 4.98. The van der Waals surface area contributed by atoms with Gasteiger partial charge in [-0.05, 0) is 25.5 Å². The lowest BCUT2D eigenvalue weighted by Gasteiger charge is -2.14. The number of carbonyl (C=O) groups excluding carboxylic acids is 2. The molecule has 0 spiro atoms. The third-order valence-corrected chi connectivity index (χ3v) is 3.78. The molecule has 2 aromatic rings. The predicted molar refractivity (Wildman–Crippen MR) is 78.7 cm³/mol. The Hall–Kier alpha value is -1.86. The van der Waals surface area contributed by atoms with Crippen molar-refractivity contribution >= 4 is 40.6 Å². The molecule has 0 saturated heterocycles. The normalized spacial score (nSPS) is 12.0. The number of aromatic nitrogens is 1. The van der Waals surface area contributed by atoms with E-state index < -0.39 is 18.0 Å². The van der Waals surface area contributed by atoms with Crippen LogP contribution in [0.1, 0.15) is 28.8 Å². The Balaban J connectivity index is 1.98. The van der Waals surface area contributed by atoms with E-state index in [0.29, 0.717) is 21.4 Å². The maximum Gasteiger partial charge on any atom is 0.349 e. The van der Waals surface area contributed by atoms with Crippen molar-refractivity contribution in [3.8, 4) is 0 Å². The number of halogens is 1. The minimum atomic E-state index is -0.907. The summed E-state index contributed by atoms with van der Waals surface area (Å²) in [6, 6.07) is 4.73. The number of hydrogen-bond donors (Lipinski definition) is 1. The first-order valence-electron chi connectivity index (χ1n) is 6.20. The van der Waals surface area contributed by atoms with Gasteiger partial charge in [0, 0.05) is 6.07 Å². The van der Waals surface area contributed by atoms with Gasteiger partial charge in [0.2, 0.25) is 0 Å². The van der Waals surface area contributed by atoms with Gasteiger partial charge in [-0.3, -0.25) is 4.79 Å². The number of anilines is 1. The highest BCUT2D eigenvalue weighted by atomic mass is 35.5. The van der Waals surface area contributed by atoms with Gasteiger partial charge in [0.05, 0.1) is 4.34 Å². The number of thiophene rings is 1. The zero-order chi connectivity index (χ0) is 15.4. The molecule has 0 aliphatic carbocycles. The summed E-state index contributed by atoms with van der Waals surface area (Å²) < 4.78 is 10.5. The van der Waals surface area contributed by atoms with Crippen molar-refractivity contribution < 1.29 is 18.8 Å². The van der Waals surface area contributed by atoms with Crippen LogP contribution in [0.2, 0.25) is 4.34 Å². The molecular formula is C13H13ClN2O4S. The van der Waals surface area contributed by atoms with Crippen molar-refractivity contribution in [2.75, 3.05) is 5.32 Å². The topological polar surface area (TPSA) is 81.4 Å². The third kappa shape index (κ3) is 4.05. The minimum Gasteiger partial charge on any atom is -0.448 e. The number of amides is 1. The summed E-state index contributed by atoms with van der Waals surface area (Å²) in [5.41, 5.74) is 0. The van der Waals surface area contributed by atoms with Crippen LogP contribution in [0.4, 0.5) is 5.82 Å². The van der Waals surface area contributed by atoms with Gasteiger partial charge in [0.15, 0.2) is 11.9 Å². The second kappa shape index (κ2) is 6.73. The van der Waals surface area contributed by atoms with E-state index in [1.807, 2.05) is 0 Å². The molecule has 0 aliphatic heterocycles. The Morgan fingerprint density at radius 1 is 1.52 bits per heavy atom. The predicted octanol–water partition coefficient (Wildman–Crippen LogP) is 3.27. The molecule has 8 heteroatoms. The summed E-state index contributed by atoms with van der Waals surface area (Å²) in [5, 5.41) is 6.18. The van der Waals surface area contributed by atoms with Crippen LogP contribution in [0.5, 0.6) is 0 Å². The standard InChI is InChI=1S/C13H13ClN2O4S/c1-3-8(12(17)15-11-6-7(2)20-16-11)19-13(18)9-4-5-10(14)21-9/h4-6,8H,3H2,1-2H3,(H,15,16,17)/t8-/m0/s1. The van der Waals surface area contributed by atoms with Gasteiger partial charge in [-0.15, -0.1) is 11.3 Å². The molecule has 2 rings (SSSR count). The molecule has 2 heterocycles. The summed E-state index contributed by atoms with van der Waals surface area (Å²) in [4.78, 5) is 24.3. The van der Waals surface area contributed by atoms with Gasteiger partial charge in [0.25, 0.3) is 5.91 Å². The Labute approximate surface area is 130 Å². The van der Waals surface area contributed by atoms with Crippen LogP contribution in [0.3, 0.4) is 0 Å². The van der Waals surface area contributed by atoms with Crippen LogP contribution in [-0.4, -0.2) is 23.1 Å². The second-order valence-electron chi connectivity index (χ2n) is 4.22. The summed E-state index contributed by atoms with van der Waals surface area (Å²) in [6.45, 7) is 3.45. The average molecular weight is 329 g/mol. The quantitative estimate of drug-likeness (QED) is 0.852. The Morgan fingerprint density at radius 2 is 2.29 bits per heavy atom. The maximum atomic E-state index is 12.0. The maximum absolute atomic E-state index is 12.0. The fourth-order valence-corrected chi connectivity index (χ4v) is 2.49. The molecule has 112 valence electrons. The number of rotatable bonds is 5. The van der Waals surface area contributed by atoms with Gasteiger partial charge in [0.1, 0.15) is 10.6 Å². The van der Waals surface area contributed by atoms with Crippen LogP contribution in [-0.2, 0) is 9.53 Å². The molecule has 1 atom stereocenters. The minimum absolute atomic E-state index is 0.283. The molecule has 0 radical (unpaired) electrons. The monoisotopic (exact) mass is 328 g/mol. The van der Waals surface area contributed by atoms with E-state index in [1.165, 1.54) is 0 Å². The first kappa shape index (κ1) is 15.5. The largest absolute Gasteiger partial charge is 0.448 e. The molecule has 6 nitrogen and oxygen atoms in total. The number of aryl methyl sites for hydroxylation is 1.